The molecule has 14 aromatic rings. The van der Waals surface area contributed by atoms with Crippen LogP contribution in [0.3, 0.4) is 0 Å². The van der Waals surface area contributed by atoms with Crippen molar-refractivity contribution in [1.29, 1.82) is 0 Å². The third kappa shape index (κ3) is 10.6. The molecule has 0 bridgehead atoms. The van der Waals surface area contributed by atoms with E-state index in [1.54, 1.807) is 0 Å². The van der Waals surface area contributed by atoms with Crippen LogP contribution in [0.5, 0.6) is 0 Å². The first-order chi connectivity index (χ1) is 46.9. The van der Waals surface area contributed by atoms with Gasteiger partial charge in [-0.3, -0.25) is 0 Å². The van der Waals surface area contributed by atoms with Crippen molar-refractivity contribution < 1.29 is 0 Å². The lowest BCUT2D eigenvalue weighted by molar-refractivity contribution is 0.590. The molecule has 0 fully saturated rings. The number of aromatic nitrogens is 1. The lowest BCUT2D eigenvalue weighted by Gasteiger charge is -2.47. The van der Waals surface area contributed by atoms with Crippen molar-refractivity contribution in [2.24, 2.45) is 0 Å². The number of nitrogens with zero attached hydrogens (tertiary/aromatic N) is 3. The minimum atomic E-state index is -0.286. The number of hydrogen-bond acceptors (Lipinski definition) is 2. The van der Waals surface area contributed by atoms with Crippen LogP contribution in [0, 0.1) is 0 Å². The molecule has 0 amide bonds. The lowest BCUT2D eigenvalue weighted by atomic mass is 9.33. The van der Waals surface area contributed by atoms with E-state index in [0.29, 0.717) is 0 Å². The standard InChI is InChI=1S/C93H82BN3/c1-60(2)74-59-85-81(58-75(74)61-32-17-12-18-33-61)94-80-51-67(66-42-31-43-71(50-66)95-82-46-29-27-44-72(82)73-45-28-30-47-83(73)95)48-49-84(80)96(89-76(62-34-19-13-20-35-62)52-68(91(3,4)5)53-77(89)63-36-21-14-22-37-63)86-56-70(93(9,10)11)57-87(88(86)94)97(85)90-78(64-38-23-15-24-39-64)54-69(92(6,7)8)55-79(90)65-40-25-16-26-41-65/h12-60H,1-11H3. The van der Waals surface area contributed by atoms with Gasteiger partial charge >= 0.3 is 0 Å². The smallest absolute Gasteiger partial charge is 0.252 e. The fourth-order valence-electron chi connectivity index (χ4n) is 15.5. The van der Waals surface area contributed by atoms with E-state index in [0.717, 1.165) is 33.9 Å². The van der Waals surface area contributed by atoms with Crippen molar-refractivity contribution in [3.8, 4) is 72.4 Å². The summed E-state index contributed by atoms with van der Waals surface area (Å²) in [5, 5.41) is 2.50. The maximum Gasteiger partial charge on any atom is 0.252 e. The minimum Gasteiger partial charge on any atom is -0.310 e. The summed E-state index contributed by atoms with van der Waals surface area (Å²) in [6, 6.07) is 111. The molecule has 13 aromatic carbocycles. The molecule has 472 valence electrons. The number of para-hydroxylation sites is 2. The molecular formula is C93H82BN3. The first-order valence-electron chi connectivity index (χ1n) is 34.7. The fraction of sp³-hybridized carbons (Fsp3) is 0.161. The Labute approximate surface area is 574 Å². The Kier molecular flexibility index (Phi) is 14.9. The molecule has 0 N–H and O–H groups in total. The highest BCUT2D eigenvalue weighted by atomic mass is 15.2. The normalized spacial score (nSPS) is 12.9. The highest BCUT2D eigenvalue weighted by molar-refractivity contribution is 7.00. The third-order valence-electron chi connectivity index (χ3n) is 20.6. The second-order valence-electron chi connectivity index (χ2n) is 30.3. The van der Waals surface area contributed by atoms with E-state index in [1.807, 2.05) is 0 Å². The Morgan fingerprint density at radius 2 is 0.649 bits per heavy atom. The van der Waals surface area contributed by atoms with Crippen molar-refractivity contribution in [3.05, 3.63) is 313 Å². The third-order valence-corrected chi connectivity index (χ3v) is 20.6. The summed E-state index contributed by atoms with van der Waals surface area (Å²) in [5.74, 6) is 0.192. The van der Waals surface area contributed by atoms with E-state index >= 15 is 0 Å². The molecular weight excluding hydrogens is 1170 g/mol. The van der Waals surface area contributed by atoms with Gasteiger partial charge in [-0.2, -0.15) is 0 Å². The van der Waals surface area contributed by atoms with Crippen LogP contribution >= 0.6 is 0 Å². The van der Waals surface area contributed by atoms with E-state index in [2.05, 4.69) is 382 Å². The largest absolute Gasteiger partial charge is 0.310 e. The SMILES string of the molecule is CC(C)c1cc2c(cc1-c1ccccc1)B1c3cc(-c4cccc(-n5c6ccccc6c6ccccc65)c4)ccc3N(c3c(-c4ccccc4)cc(C(C)(C)C)cc3-c3ccccc3)c3cc(C(C)(C)C)cc(c31)N2c1c(-c2ccccc2)cc(C(C)(C)C)cc1-c1ccccc1. The summed E-state index contributed by atoms with van der Waals surface area (Å²) in [4.78, 5) is 5.47. The first kappa shape index (κ1) is 61.2. The molecule has 2 aliphatic rings. The maximum atomic E-state index is 2.75. The van der Waals surface area contributed by atoms with Gasteiger partial charge < -0.3 is 14.4 Å². The average molecular weight is 1250 g/mol. The van der Waals surface area contributed by atoms with Crippen LogP contribution in [0.4, 0.5) is 34.1 Å². The average Bonchev–Trinajstić information content (AvgIpc) is 1.35. The van der Waals surface area contributed by atoms with Gasteiger partial charge in [-0.05, 0) is 178 Å². The Morgan fingerprint density at radius 3 is 1.07 bits per heavy atom. The first-order valence-corrected chi connectivity index (χ1v) is 34.7. The summed E-state index contributed by atoms with van der Waals surface area (Å²) in [5.41, 5.74) is 33.1. The zero-order chi connectivity index (χ0) is 66.6. The van der Waals surface area contributed by atoms with Gasteiger partial charge in [0.2, 0.25) is 0 Å². The van der Waals surface area contributed by atoms with Gasteiger partial charge in [-0.1, -0.05) is 295 Å². The second kappa shape index (κ2) is 23.6. The van der Waals surface area contributed by atoms with Crippen molar-refractivity contribution in [2.75, 3.05) is 9.80 Å². The monoisotopic (exact) mass is 1250 g/mol. The van der Waals surface area contributed by atoms with E-state index in [4.69, 9.17) is 0 Å². The van der Waals surface area contributed by atoms with Crippen LogP contribution in [-0.4, -0.2) is 11.3 Å². The van der Waals surface area contributed by atoms with Crippen molar-refractivity contribution in [3.63, 3.8) is 0 Å². The molecule has 0 saturated heterocycles. The molecule has 0 saturated carbocycles. The molecule has 3 heterocycles. The summed E-state index contributed by atoms with van der Waals surface area (Å²) >= 11 is 0. The minimum absolute atomic E-state index is 0.169. The molecule has 3 nitrogen and oxygen atoms in total. The molecule has 1 aromatic heterocycles. The van der Waals surface area contributed by atoms with Crippen LogP contribution in [0.1, 0.15) is 104 Å². The summed E-state index contributed by atoms with van der Waals surface area (Å²) in [6.45, 7) is 25.9. The Bertz CT molecular complexity index is 5180. The quantitative estimate of drug-likeness (QED) is 0.126. The predicted octanol–water partition coefficient (Wildman–Crippen LogP) is 23.9. The maximum absolute atomic E-state index is 2.75. The van der Waals surface area contributed by atoms with E-state index in [-0.39, 0.29) is 28.9 Å². The van der Waals surface area contributed by atoms with Crippen molar-refractivity contribution >= 4 is 79.0 Å². The summed E-state index contributed by atoms with van der Waals surface area (Å²) < 4.78 is 2.45. The summed E-state index contributed by atoms with van der Waals surface area (Å²) in [6.07, 6.45) is 0. The number of fused-ring (bicyclic) bond motifs is 7. The van der Waals surface area contributed by atoms with Crippen LogP contribution in [0.2, 0.25) is 0 Å². The van der Waals surface area contributed by atoms with Crippen LogP contribution in [0.15, 0.2) is 291 Å². The van der Waals surface area contributed by atoms with E-state index < -0.39 is 0 Å². The van der Waals surface area contributed by atoms with Gasteiger partial charge in [0.1, 0.15) is 0 Å². The van der Waals surface area contributed by atoms with Crippen LogP contribution in [-0.2, 0) is 16.2 Å². The number of anilines is 6. The topological polar surface area (TPSA) is 11.4 Å². The number of hydrogen-bond donors (Lipinski definition) is 0. The Balaban J connectivity index is 1.09. The van der Waals surface area contributed by atoms with Gasteiger partial charge in [-0.25, -0.2) is 0 Å². The van der Waals surface area contributed by atoms with Crippen LogP contribution in [0.25, 0.3) is 94.3 Å². The molecule has 2 aliphatic heterocycles. The molecule has 0 radical (unpaired) electrons. The van der Waals surface area contributed by atoms with E-state index in [1.165, 1.54) is 133 Å². The Hall–Kier alpha value is -10.7. The van der Waals surface area contributed by atoms with Gasteiger partial charge in [0.15, 0.2) is 0 Å². The fourth-order valence-corrected chi connectivity index (χ4v) is 15.5. The molecule has 0 spiro atoms. The zero-order valence-electron chi connectivity index (χ0n) is 57.7. The summed E-state index contributed by atoms with van der Waals surface area (Å²) in [7, 11) is 0. The second-order valence-corrected chi connectivity index (χ2v) is 30.3. The van der Waals surface area contributed by atoms with Crippen LogP contribution < -0.4 is 26.2 Å². The lowest BCUT2D eigenvalue weighted by Crippen LogP contribution is -2.61. The van der Waals surface area contributed by atoms with Gasteiger partial charge in [-0.15, -0.1) is 0 Å². The molecule has 0 unspecified atom stereocenters. The highest BCUT2D eigenvalue weighted by Gasteiger charge is 2.47. The molecule has 0 atom stereocenters. The van der Waals surface area contributed by atoms with Crippen molar-refractivity contribution in [2.45, 2.75) is 98.3 Å². The Morgan fingerprint density at radius 1 is 0.289 bits per heavy atom. The molecule has 0 aliphatic carbocycles. The van der Waals surface area contributed by atoms with E-state index in [9.17, 15) is 0 Å². The molecule has 4 heteroatoms. The number of benzene rings is 13. The van der Waals surface area contributed by atoms with Gasteiger partial charge in [0.25, 0.3) is 6.71 Å². The van der Waals surface area contributed by atoms with Gasteiger partial charge in [0, 0.05) is 61.5 Å². The van der Waals surface area contributed by atoms with Gasteiger partial charge in [0.05, 0.1) is 22.4 Å². The zero-order valence-corrected chi connectivity index (χ0v) is 57.7. The number of rotatable bonds is 10. The molecule has 97 heavy (non-hydrogen) atoms. The van der Waals surface area contributed by atoms with Crippen molar-refractivity contribution in [1.82, 2.24) is 4.57 Å². The highest BCUT2D eigenvalue weighted by Crippen LogP contribution is 2.56. The predicted molar refractivity (Wildman–Crippen MR) is 418 cm³/mol. The molecule has 16 rings (SSSR count).